The monoisotopic (exact) mass is 159 g/mol. The Morgan fingerprint density at radius 2 is 2.42 bits per heavy atom. The van der Waals surface area contributed by atoms with Crippen molar-refractivity contribution in [3.05, 3.63) is 30.3 Å². The first-order valence-corrected chi connectivity index (χ1v) is 3.98. The largest absolute Gasteiger partial charge is 0.481 e. The van der Waals surface area contributed by atoms with E-state index in [1.54, 1.807) is 6.07 Å². The van der Waals surface area contributed by atoms with E-state index in [1.807, 2.05) is 25.1 Å². The molecule has 0 heterocycles. The fourth-order valence-electron chi connectivity index (χ4n) is 0.762. The van der Waals surface area contributed by atoms with Crippen LogP contribution in [0.2, 0.25) is 0 Å². The van der Waals surface area contributed by atoms with Gasteiger partial charge in [0.2, 0.25) is 0 Å². The minimum Gasteiger partial charge on any atom is -0.481 e. The highest BCUT2D eigenvalue weighted by atomic mass is 16.5. The molecule has 1 heteroatoms. The Balaban J connectivity index is 2.34. The molecule has 0 N–H and O–H groups in total. The number of hydrogen-bond donors (Lipinski definition) is 0. The normalized spacial score (nSPS) is 8.42. The second kappa shape index (κ2) is 5.26. The van der Waals surface area contributed by atoms with Crippen LogP contribution in [0.15, 0.2) is 24.3 Å². The lowest BCUT2D eigenvalue weighted by Gasteiger charge is -1.98. The standard InChI is InChI=1S/C11H11O/c1-2-3-7-10-12-11-8-5-4-6-9-11/h4-5,8-9H,2,10H2,1H3. The highest BCUT2D eigenvalue weighted by Crippen LogP contribution is 2.06. The van der Waals surface area contributed by atoms with Crippen molar-refractivity contribution in [2.75, 3.05) is 6.61 Å². The first kappa shape index (κ1) is 8.67. The summed E-state index contributed by atoms with van der Waals surface area (Å²) in [6, 6.07) is 10.4. The third-order valence-corrected chi connectivity index (χ3v) is 1.29. The van der Waals surface area contributed by atoms with Gasteiger partial charge in [-0.05, 0) is 18.2 Å². The number of benzene rings is 1. The fourth-order valence-corrected chi connectivity index (χ4v) is 0.762. The maximum absolute atomic E-state index is 5.30. The fraction of sp³-hybridized carbons (Fsp3) is 0.273. The van der Waals surface area contributed by atoms with Gasteiger partial charge in [0, 0.05) is 6.42 Å². The summed E-state index contributed by atoms with van der Waals surface area (Å²) in [5, 5.41) is 0. The predicted octanol–water partition coefficient (Wildman–Crippen LogP) is 2.28. The van der Waals surface area contributed by atoms with Crippen LogP contribution < -0.4 is 4.74 Å². The molecule has 0 aliphatic carbocycles. The van der Waals surface area contributed by atoms with Crippen LogP contribution in [0.25, 0.3) is 0 Å². The Morgan fingerprint density at radius 1 is 1.50 bits per heavy atom. The molecule has 0 fully saturated rings. The molecule has 0 aliphatic heterocycles. The highest BCUT2D eigenvalue weighted by molar-refractivity contribution is 5.20. The molecule has 1 nitrogen and oxygen atoms in total. The van der Waals surface area contributed by atoms with E-state index in [9.17, 15) is 0 Å². The van der Waals surface area contributed by atoms with Crippen LogP contribution in [0.3, 0.4) is 0 Å². The molecule has 61 valence electrons. The molecule has 1 radical (unpaired) electrons. The summed E-state index contributed by atoms with van der Waals surface area (Å²) >= 11 is 0. The van der Waals surface area contributed by atoms with E-state index in [-0.39, 0.29) is 0 Å². The third kappa shape index (κ3) is 3.12. The van der Waals surface area contributed by atoms with Gasteiger partial charge in [0.05, 0.1) is 0 Å². The lowest BCUT2D eigenvalue weighted by Crippen LogP contribution is -1.92. The molecule has 0 unspecified atom stereocenters. The lowest BCUT2D eigenvalue weighted by atomic mass is 10.3. The Labute approximate surface area is 73.4 Å². The van der Waals surface area contributed by atoms with E-state index in [2.05, 4.69) is 17.9 Å². The van der Waals surface area contributed by atoms with Crippen LogP contribution in [0.4, 0.5) is 0 Å². The van der Waals surface area contributed by atoms with E-state index in [0.717, 1.165) is 12.2 Å². The van der Waals surface area contributed by atoms with Crippen molar-refractivity contribution >= 4 is 0 Å². The Bertz CT molecular complexity index is 266. The number of hydrogen-bond acceptors (Lipinski definition) is 1. The molecule has 12 heavy (non-hydrogen) atoms. The quantitative estimate of drug-likeness (QED) is 0.601. The average Bonchev–Trinajstić information content (AvgIpc) is 2.14. The summed E-state index contributed by atoms with van der Waals surface area (Å²) < 4.78 is 5.30. The number of rotatable bonds is 2. The smallest absolute Gasteiger partial charge is 0.149 e. The van der Waals surface area contributed by atoms with Crippen molar-refractivity contribution in [2.45, 2.75) is 13.3 Å². The van der Waals surface area contributed by atoms with Gasteiger partial charge in [-0.2, -0.15) is 0 Å². The van der Waals surface area contributed by atoms with Crippen molar-refractivity contribution in [3.63, 3.8) is 0 Å². The first-order valence-electron chi connectivity index (χ1n) is 3.98. The van der Waals surface area contributed by atoms with Crippen molar-refractivity contribution < 1.29 is 4.74 Å². The SMILES string of the molecule is CCC#CCOc1c[c]ccc1. The van der Waals surface area contributed by atoms with Gasteiger partial charge >= 0.3 is 0 Å². The van der Waals surface area contributed by atoms with Crippen LogP contribution in [-0.4, -0.2) is 6.61 Å². The maximum Gasteiger partial charge on any atom is 0.149 e. The Hall–Kier alpha value is -1.42. The zero-order valence-corrected chi connectivity index (χ0v) is 7.13. The highest BCUT2D eigenvalue weighted by Gasteiger charge is 1.86. The molecule has 1 aromatic rings. The molecule has 0 amide bonds. The van der Waals surface area contributed by atoms with E-state index in [4.69, 9.17) is 4.74 Å². The molecule has 1 aromatic carbocycles. The molecular weight excluding hydrogens is 148 g/mol. The van der Waals surface area contributed by atoms with Gasteiger partial charge < -0.3 is 4.74 Å². The van der Waals surface area contributed by atoms with Crippen LogP contribution >= 0.6 is 0 Å². The number of ether oxygens (including phenoxy) is 1. The summed E-state index contributed by atoms with van der Waals surface area (Å²) in [6.07, 6.45) is 0.879. The van der Waals surface area contributed by atoms with Gasteiger partial charge in [0.15, 0.2) is 0 Å². The molecule has 0 atom stereocenters. The van der Waals surface area contributed by atoms with Gasteiger partial charge in [-0.15, -0.1) is 5.92 Å². The zero-order valence-electron chi connectivity index (χ0n) is 7.13. The van der Waals surface area contributed by atoms with Crippen LogP contribution in [-0.2, 0) is 0 Å². The second-order valence-corrected chi connectivity index (χ2v) is 2.23. The van der Waals surface area contributed by atoms with E-state index >= 15 is 0 Å². The molecular formula is C11H11O. The summed E-state index contributed by atoms with van der Waals surface area (Å²) in [4.78, 5) is 0. The molecule has 0 bridgehead atoms. The van der Waals surface area contributed by atoms with Gasteiger partial charge in [-0.25, -0.2) is 0 Å². The minimum atomic E-state index is 0.464. The van der Waals surface area contributed by atoms with Crippen molar-refractivity contribution in [3.8, 4) is 17.6 Å². The second-order valence-electron chi connectivity index (χ2n) is 2.23. The molecule has 0 spiro atoms. The molecule has 0 saturated heterocycles. The third-order valence-electron chi connectivity index (χ3n) is 1.29. The van der Waals surface area contributed by atoms with Gasteiger partial charge in [0.1, 0.15) is 12.4 Å². The summed E-state index contributed by atoms with van der Waals surface area (Å²) in [5.41, 5.74) is 0. The van der Waals surface area contributed by atoms with E-state index in [0.29, 0.717) is 6.61 Å². The van der Waals surface area contributed by atoms with Crippen LogP contribution in [0, 0.1) is 17.9 Å². The summed E-state index contributed by atoms with van der Waals surface area (Å²) in [7, 11) is 0. The molecule has 0 saturated carbocycles. The topological polar surface area (TPSA) is 9.23 Å². The minimum absolute atomic E-state index is 0.464. The first-order chi connectivity index (χ1) is 5.93. The lowest BCUT2D eigenvalue weighted by molar-refractivity contribution is 0.370. The summed E-state index contributed by atoms with van der Waals surface area (Å²) in [5.74, 6) is 6.65. The Morgan fingerprint density at radius 3 is 3.08 bits per heavy atom. The molecule has 1 rings (SSSR count). The van der Waals surface area contributed by atoms with E-state index < -0.39 is 0 Å². The van der Waals surface area contributed by atoms with Crippen LogP contribution in [0.1, 0.15) is 13.3 Å². The molecule has 0 aromatic heterocycles. The average molecular weight is 159 g/mol. The van der Waals surface area contributed by atoms with Gasteiger partial charge in [0.25, 0.3) is 0 Å². The van der Waals surface area contributed by atoms with Crippen LogP contribution in [0.5, 0.6) is 5.75 Å². The van der Waals surface area contributed by atoms with E-state index in [1.165, 1.54) is 0 Å². The summed E-state index contributed by atoms with van der Waals surface area (Å²) in [6.45, 7) is 2.48. The predicted molar refractivity (Wildman–Crippen MR) is 48.8 cm³/mol. The maximum atomic E-state index is 5.30. The van der Waals surface area contributed by atoms with Gasteiger partial charge in [-0.1, -0.05) is 25.0 Å². The van der Waals surface area contributed by atoms with Crippen molar-refractivity contribution in [2.24, 2.45) is 0 Å². The van der Waals surface area contributed by atoms with Crippen molar-refractivity contribution in [1.29, 1.82) is 0 Å². The molecule has 0 aliphatic rings. The van der Waals surface area contributed by atoms with Gasteiger partial charge in [-0.3, -0.25) is 0 Å². The Kier molecular flexibility index (Phi) is 3.80. The zero-order chi connectivity index (χ0) is 8.65. The van der Waals surface area contributed by atoms with Crippen molar-refractivity contribution in [1.82, 2.24) is 0 Å².